The number of nitrogens with zero attached hydrogens (tertiary/aromatic N) is 1. The van der Waals surface area contributed by atoms with Gasteiger partial charge in [-0.1, -0.05) is 95.8 Å². The highest BCUT2D eigenvalue weighted by molar-refractivity contribution is 5.89. The quantitative estimate of drug-likeness (QED) is 0.249. The van der Waals surface area contributed by atoms with E-state index in [-0.39, 0.29) is 0 Å². The van der Waals surface area contributed by atoms with E-state index >= 15 is 0 Å². The van der Waals surface area contributed by atoms with Crippen LogP contribution in [0.1, 0.15) is 106 Å². The SMILES string of the molecule is CCCCCCCCCCCCCCc1c(C(=O)O)cc[n+](-c2ccccc2)c1C. The summed E-state index contributed by atoms with van der Waals surface area (Å²) in [7, 11) is 0. The van der Waals surface area contributed by atoms with Crippen molar-refractivity contribution in [3.8, 4) is 5.69 Å². The zero-order chi connectivity index (χ0) is 21.6. The van der Waals surface area contributed by atoms with Crippen molar-refractivity contribution in [3.63, 3.8) is 0 Å². The van der Waals surface area contributed by atoms with E-state index in [4.69, 9.17) is 0 Å². The number of carboxylic acids is 1. The van der Waals surface area contributed by atoms with Crippen molar-refractivity contribution in [2.75, 3.05) is 0 Å². The van der Waals surface area contributed by atoms with Crippen LogP contribution in [-0.4, -0.2) is 11.1 Å². The Kier molecular flexibility index (Phi) is 11.2. The van der Waals surface area contributed by atoms with Crippen molar-refractivity contribution >= 4 is 5.97 Å². The van der Waals surface area contributed by atoms with Crippen LogP contribution in [0.5, 0.6) is 0 Å². The van der Waals surface area contributed by atoms with E-state index < -0.39 is 5.97 Å². The fourth-order valence-electron chi connectivity index (χ4n) is 4.23. The molecule has 164 valence electrons. The van der Waals surface area contributed by atoms with Crippen LogP contribution in [0, 0.1) is 6.92 Å². The Balaban J connectivity index is 1.77. The van der Waals surface area contributed by atoms with E-state index in [0.717, 1.165) is 29.8 Å². The summed E-state index contributed by atoms with van der Waals surface area (Å²) in [6.07, 6.45) is 18.5. The number of unbranched alkanes of at least 4 members (excludes halogenated alkanes) is 11. The maximum absolute atomic E-state index is 11.7. The third-order valence-electron chi connectivity index (χ3n) is 6.06. The van der Waals surface area contributed by atoms with Crippen LogP contribution in [-0.2, 0) is 6.42 Å². The van der Waals surface area contributed by atoms with Crippen molar-refractivity contribution in [2.24, 2.45) is 0 Å². The van der Waals surface area contributed by atoms with Gasteiger partial charge in [-0.3, -0.25) is 0 Å². The van der Waals surface area contributed by atoms with Crippen LogP contribution < -0.4 is 4.57 Å². The molecule has 0 aliphatic heterocycles. The normalized spacial score (nSPS) is 11.0. The van der Waals surface area contributed by atoms with Crippen molar-refractivity contribution < 1.29 is 14.5 Å². The van der Waals surface area contributed by atoms with Gasteiger partial charge in [-0.25, -0.2) is 4.79 Å². The van der Waals surface area contributed by atoms with Gasteiger partial charge in [0, 0.05) is 30.7 Å². The molecule has 0 spiro atoms. The molecule has 0 bridgehead atoms. The summed E-state index contributed by atoms with van der Waals surface area (Å²) in [5.41, 5.74) is 3.52. The second-order valence-electron chi connectivity index (χ2n) is 8.44. The van der Waals surface area contributed by atoms with E-state index in [9.17, 15) is 9.90 Å². The van der Waals surface area contributed by atoms with Gasteiger partial charge in [0.15, 0.2) is 11.9 Å². The monoisotopic (exact) mass is 410 g/mol. The first-order chi connectivity index (χ1) is 14.6. The lowest BCUT2D eigenvalue weighted by Gasteiger charge is -2.09. The first-order valence-electron chi connectivity index (χ1n) is 12.0. The number of hydrogen-bond acceptors (Lipinski definition) is 1. The molecule has 1 N–H and O–H groups in total. The minimum Gasteiger partial charge on any atom is -0.478 e. The van der Waals surface area contributed by atoms with Gasteiger partial charge < -0.3 is 5.11 Å². The third-order valence-corrected chi connectivity index (χ3v) is 6.06. The summed E-state index contributed by atoms with van der Waals surface area (Å²) in [6, 6.07) is 11.9. The van der Waals surface area contributed by atoms with Crippen LogP contribution in [0.25, 0.3) is 5.69 Å². The molecule has 0 aliphatic carbocycles. The van der Waals surface area contributed by atoms with Crippen molar-refractivity contribution in [1.82, 2.24) is 0 Å². The summed E-state index contributed by atoms with van der Waals surface area (Å²) in [6.45, 7) is 4.30. The molecule has 0 fully saturated rings. The van der Waals surface area contributed by atoms with E-state index in [1.165, 1.54) is 70.6 Å². The molecule has 0 saturated carbocycles. The lowest BCUT2D eigenvalue weighted by Crippen LogP contribution is -2.36. The number of carbonyl (C=O) groups is 1. The van der Waals surface area contributed by atoms with Crippen LogP contribution in [0.4, 0.5) is 0 Å². The summed E-state index contributed by atoms with van der Waals surface area (Å²) in [4.78, 5) is 11.7. The first-order valence-corrected chi connectivity index (χ1v) is 12.0. The predicted octanol–water partition coefficient (Wildman–Crippen LogP) is 7.21. The molecular formula is C27H40NO2+. The molecule has 2 aromatic rings. The summed E-state index contributed by atoms with van der Waals surface area (Å²) in [5, 5.41) is 9.63. The molecule has 2 rings (SSSR count). The molecule has 30 heavy (non-hydrogen) atoms. The molecule has 1 aromatic heterocycles. The highest BCUT2D eigenvalue weighted by atomic mass is 16.4. The van der Waals surface area contributed by atoms with E-state index in [2.05, 4.69) is 23.6 Å². The highest BCUT2D eigenvalue weighted by Gasteiger charge is 2.21. The second kappa shape index (κ2) is 14.0. The van der Waals surface area contributed by atoms with Gasteiger partial charge in [-0.2, -0.15) is 4.57 Å². The van der Waals surface area contributed by atoms with E-state index in [1.807, 2.05) is 31.3 Å². The molecule has 0 aliphatic rings. The zero-order valence-electron chi connectivity index (χ0n) is 19.0. The molecule has 0 saturated heterocycles. The summed E-state index contributed by atoms with van der Waals surface area (Å²) < 4.78 is 2.10. The number of carboxylic acid groups (broad SMARTS) is 1. The summed E-state index contributed by atoms with van der Waals surface area (Å²) >= 11 is 0. The third kappa shape index (κ3) is 7.93. The number of hydrogen-bond donors (Lipinski definition) is 1. The van der Waals surface area contributed by atoms with E-state index in [0.29, 0.717) is 5.56 Å². The Morgan fingerprint density at radius 3 is 1.87 bits per heavy atom. The lowest BCUT2D eigenvalue weighted by atomic mass is 9.98. The Morgan fingerprint density at radius 2 is 1.33 bits per heavy atom. The maximum atomic E-state index is 11.7. The lowest BCUT2D eigenvalue weighted by molar-refractivity contribution is -0.603. The number of aromatic nitrogens is 1. The van der Waals surface area contributed by atoms with Gasteiger partial charge in [0.25, 0.3) is 0 Å². The van der Waals surface area contributed by atoms with Gasteiger partial charge in [0.1, 0.15) is 0 Å². The Hall–Kier alpha value is -2.16. The Labute approximate surface area is 183 Å². The number of para-hydroxylation sites is 1. The molecule has 1 heterocycles. The average molecular weight is 411 g/mol. The van der Waals surface area contributed by atoms with Crippen molar-refractivity contribution in [3.05, 3.63) is 59.4 Å². The molecule has 0 amide bonds. The zero-order valence-corrected chi connectivity index (χ0v) is 19.0. The molecular weight excluding hydrogens is 370 g/mol. The van der Waals surface area contributed by atoms with Crippen molar-refractivity contribution in [1.29, 1.82) is 0 Å². The fourth-order valence-corrected chi connectivity index (χ4v) is 4.23. The van der Waals surface area contributed by atoms with Gasteiger partial charge in [-0.15, -0.1) is 0 Å². The molecule has 0 radical (unpaired) electrons. The highest BCUT2D eigenvalue weighted by Crippen LogP contribution is 2.18. The predicted molar refractivity (Wildman–Crippen MR) is 124 cm³/mol. The molecule has 0 unspecified atom stereocenters. The van der Waals surface area contributed by atoms with Crippen LogP contribution in [0.15, 0.2) is 42.6 Å². The van der Waals surface area contributed by atoms with Gasteiger partial charge in [-0.05, 0) is 12.8 Å². The molecule has 0 atom stereocenters. The van der Waals surface area contributed by atoms with Gasteiger partial charge in [0.2, 0.25) is 5.69 Å². The standard InChI is InChI=1S/C27H39NO2/c1-3-4-5-6-7-8-9-10-11-12-13-17-20-25-23(2)28(22-21-26(25)27(29)30)24-18-15-14-16-19-24/h14-16,18-19,21-22H,3-13,17,20H2,1-2H3/p+1. The van der Waals surface area contributed by atoms with Crippen LogP contribution in [0.3, 0.4) is 0 Å². The number of rotatable bonds is 15. The van der Waals surface area contributed by atoms with Gasteiger partial charge in [0.05, 0.1) is 5.56 Å². The number of benzene rings is 1. The van der Waals surface area contributed by atoms with E-state index in [1.54, 1.807) is 6.07 Å². The largest absolute Gasteiger partial charge is 0.478 e. The second-order valence-corrected chi connectivity index (χ2v) is 8.44. The number of aromatic carboxylic acids is 1. The molecule has 1 aromatic carbocycles. The van der Waals surface area contributed by atoms with Crippen LogP contribution in [0.2, 0.25) is 0 Å². The first kappa shape index (κ1) is 24.1. The summed E-state index contributed by atoms with van der Waals surface area (Å²) in [5.74, 6) is -0.827. The molecule has 3 nitrogen and oxygen atoms in total. The molecule has 3 heteroatoms. The minimum atomic E-state index is -0.827. The Morgan fingerprint density at radius 1 is 0.800 bits per heavy atom. The fraction of sp³-hybridized carbons (Fsp3) is 0.556. The maximum Gasteiger partial charge on any atom is 0.336 e. The smallest absolute Gasteiger partial charge is 0.336 e. The van der Waals surface area contributed by atoms with Crippen molar-refractivity contribution in [2.45, 2.75) is 97.3 Å². The average Bonchev–Trinajstić information content (AvgIpc) is 2.75. The topological polar surface area (TPSA) is 41.2 Å². The number of pyridine rings is 1. The van der Waals surface area contributed by atoms with Crippen LogP contribution >= 0.6 is 0 Å². The minimum absolute atomic E-state index is 0.447. The Bertz CT molecular complexity index is 755. The van der Waals surface area contributed by atoms with Gasteiger partial charge >= 0.3 is 5.97 Å².